The molecule has 3 unspecified atom stereocenters. The van der Waals surface area contributed by atoms with Crippen molar-refractivity contribution >= 4 is 23.2 Å². The lowest BCUT2D eigenvalue weighted by molar-refractivity contribution is -0.0799. The first-order chi connectivity index (χ1) is 9.02. The third kappa shape index (κ3) is 3.41. The third-order valence-corrected chi connectivity index (χ3v) is 4.10. The van der Waals surface area contributed by atoms with Crippen LogP contribution >= 0.6 is 23.2 Å². The number of morpholine rings is 1. The van der Waals surface area contributed by atoms with Gasteiger partial charge in [0, 0.05) is 35.2 Å². The molecule has 0 bridgehead atoms. The molecule has 0 saturated carbocycles. The molecule has 106 valence electrons. The van der Waals surface area contributed by atoms with E-state index < -0.39 is 0 Å². The van der Waals surface area contributed by atoms with Crippen molar-refractivity contribution in [1.29, 1.82) is 0 Å². The molecule has 5 heteroatoms. The van der Waals surface area contributed by atoms with Crippen molar-refractivity contribution in [2.24, 2.45) is 5.73 Å². The zero-order valence-corrected chi connectivity index (χ0v) is 12.8. The summed E-state index contributed by atoms with van der Waals surface area (Å²) in [6, 6.07) is 5.61. The fraction of sp³-hybridized carbons (Fsp3) is 0.571. The molecule has 0 aromatic heterocycles. The van der Waals surface area contributed by atoms with Crippen LogP contribution in [-0.4, -0.2) is 36.7 Å². The Morgan fingerprint density at radius 1 is 1.26 bits per heavy atom. The largest absolute Gasteiger partial charge is 0.373 e. The Bertz CT molecular complexity index is 411. The Kier molecular flexibility index (Phi) is 5.09. The van der Waals surface area contributed by atoms with Gasteiger partial charge in [-0.25, -0.2) is 0 Å². The number of rotatable bonds is 3. The summed E-state index contributed by atoms with van der Waals surface area (Å²) in [4.78, 5) is 2.31. The average Bonchev–Trinajstić information content (AvgIpc) is 2.32. The van der Waals surface area contributed by atoms with E-state index >= 15 is 0 Å². The summed E-state index contributed by atoms with van der Waals surface area (Å²) in [6.45, 7) is 6.32. The topological polar surface area (TPSA) is 38.5 Å². The standard InChI is InChI=1S/C14H20Cl2N2O/c1-9-7-18(8-10(2)19-9)13(6-17)14-11(15)4-3-5-12(14)16/h3-5,9-10,13H,6-8,17H2,1-2H3. The lowest BCUT2D eigenvalue weighted by Gasteiger charge is -2.40. The molecule has 0 spiro atoms. The predicted molar refractivity (Wildman–Crippen MR) is 79.8 cm³/mol. The Hall–Kier alpha value is -0.320. The van der Waals surface area contributed by atoms with Gasteiger partial charge in [-0.2, -0.15) is 0 Å². The van der Waals surface area contributed by atoms with Crippen molar-refractivity contribution in [3.63, 3.8) is 0 Å². The summed E-state index contributed by atoms with van der Waals surface area (Å²) in [6.07, 6.45) is 0.387. The fourth-order valence-corrected chi connectivity index (χ4v) is 3.40. The highest BCUT2D eigenvalue weighted by Gasteiger charge is 2.30. The summed E-state index contributed by atoms with van der Waals surface area (Å²) < 4.78 is 5.76. The van der Waals surface area contributed by atoms with Gasteiger partial charge in [-0.15, -0.1) is 0 Å². The van der Waals surface area contributed by atoms with Crippen LogP contribution in [0.15, 0.2) is 18.2 Å². The Balaban J connectivity index is 2.29. The van der Waals surface area contributed by atoms with Crippen LogP contribution in [0, 0.1) is 0 Å². The molecule has 0 radical (unpaired) electrons. The van der Waals surface area contributed by atoms with E-state index in [0.29, 0.717) is 16.6 Å². The highest BCUT2D eigenvalue weighted by Crippen LogP contribution is 2.34. The maximum absolute atomic E-state index is 6.30. The molecular weight excluding hydrogens is 283 g/mol. The fourth-order valence-electron chi connectivity index (χ4n) is 2.75. The zero-order valence-electron chi connectivity index (χ0n) is 11.3. The first-order valence-electron chi connectivity index (χ1n) is 6.56. The second-order valence-electron chi connectivity index (χ2n) is 5.10. The molecule has 1 saturated heterocycles. The van der Waals surface area contributed by atoms with Gasteiger partial charge in [0.05, 0.1) is 18.2 Å². The van der Waals surface area contributed by atoms with E-state index in [0.717, 1.165) is 18.7 Å². The SMILES string of the molecule is CC1CN(C(CN)c2c(Cl)cccc2Cl)CC(C)O1. The van der Waals surface area contributed by atoms with E-state index in [1.165, 1.54) is 0 Å². The van der Waals surface area contributed by atoms with Gasteiger partial charge in [0.15, 0.2) is 0 Å². The zero-order chi connectivity index (χ0) is 14.0. The lowest BCUT2D eigenvalue weighted by Crippen LogP contribution is -2.48. The smallest absolute Gasteiger partial charge is 0.0678 e. The molecule has 2 N–H and O–H groups in total. The first-order valence-corrected chi connectivity index (χ1v) is 7.32. The molecule has 1 aliphatic rings. The van der Waals surface area contributed by atoms with E-state index in [4.69, 9.17) is 33.7 Å². The van der Waals surface area contributed by atoms with E-state index in [2.05, 4.69) is 18.7 Å². The quantitative estimate of drug-likeness (QED) is 0.932. The monoisotopic (exact) mass is 302 g/mol. The van der Waals surface area contributed by atoms with E-state index in [1.807, 2.05) is 18.2 Å². The molecule has 0 aliphatic carbocycles. The number of hydrogen-bond donors (Lipinski definition) is 1. The van der Waals surface area contributed by atoms with Crippen LogP contribution in [0.4, 0.5) is 0 Å². The highest BCUT2D eigenvalue weighted by atomic mass is 35.5. The van der Waals surface area contributed by atoms with Gasteiger partial charge in [0.25, 0.3) is 0 Å². The lowest BCUT2D eigenvalue weighted by atomic mass is 10.0. The number of halogens is 2. The molecule has 3 nitrogen and oxygen atoms in total. The molecule has 2 rings (SSSR count). The van der Waals surface area contributed by atoms with E-state index in [9.17, 15) is 0 Å². The van der Waals surface area contributed by atoms with Crippen molar-refractivity contribution in [3.8, 4) is 0 Å². The van der Waals surface area contributed by atoms with Crippen LogP contribution in [0.25, 0.3) is 0 Å². The van der Waals surface area contributed by atoms with Crippen molar-refractivity contribution in [2.75, 3.05) is 19.6 Å². The number of nitrogens with zero attached hydrogens (tertiary/aromatic N) is 1. The predicted octanol–water partition coefficient (Wildman–Crippen LogP) is 3.10. The van der Waals surface area contributed by atoms with Crippen molar-refractivity contribution in [1.82, 2.24) is 4.90 Å². The summed E-state index contributed by atoms with van der Waals surface area (Å²) in [5, 5.41) is 1.35. The van der Waals surface area contributed by atoms with Crippen molar-refractivity contribution in [3.05, 3.63) is 33.8 Å². The van der Waals surface area contributed by atoms with Crippen LogP contribution in [-0.2, 0) is 4.74 Å². The van der Waals surface area contributed by atoms with Gasteiger partial charge >= 0.3 is 0 Å². The minimum Gasteiger partial charge on any atom is -0.373 e. The van der Waals surface area contributed by atoms with Gasteiger partial charge < -0.3 is 10.5 Å². The molecule has 1 aromatic carbocycles. The second-order valence-corrected chi connectivity index (χ2v) is 5.91. The summed E-state index contributed by atoms with van der Waals surface area (Å²) >= 11 is 12.6. The van der Waals surface area contributed by atoms with Gasteiger partial charge in [-0.3, -0.25) is 4.90 Å². The average molecular weight is 303 g/mol. The molecule has 3 atom stereocenters. The van der Waals surface area contributed by atoms with Gasteiger partial charge in [-0.05, 0) is 26.0 Å². The molecule has 1 aliphatic heterocycles. The number of hydrogen-bond acceptors (Lipinski definition) is 3. The van der Waals surface area contributed by atoms with Crippen LogP contribution < -0.4 is 5.73 Å². The molecule has 0 amide bonds. The van der Waals surface area contributed by atoms with Gasteiger partial charge in [0.2, 0.25) is 0 Å². The van der Waals surface area contributed by atoms with Gasteiger partial charge in [0.1, 0.15) is 0 Å². The maximum Gasteiger partial charge on any atom is 0.0678 e. The molecular formula is C14H20Cl2N2O. The molecule has 19 heavy (non-hydrogen) atoms. The van der Waals surface area contributed by atoms with E-state index in [1.54, 1.807) is 0 Å². The minimum absolute atomic E-state index is 0.0370. The van der Waals surface area contributed by atoms with E-state index in [-0.39, 0.29) is 18.2 Å². The van der Waals surface area contributed by atoms with Gasteiger partial charge in [-0.1, -0.05) is 29.3 Å². The van der Waals surface area contributed by atoms with Crippen LogP contribution in [0.3, 0.4) is 0 Å². The first kappa shape index (κ1) is 15.1. The summed E-state index contributed by atoms with van der Waals surface area (Å²) in [5.41, 5.74) is 6.89. The molecule has 1 heterocycles. The van der Waals surface area contributed by atoms with Crippen LogP contribution in [0.1, 0.15) is 25.5 Å². The molecule has 1 fully saturated rings. The minimum atomic E-state index is 0.0370. The van der Waals surface area contributed by atoms with Crippen molar-refractivity contribution < 1.29 is 4.74 Å². The highest BCUT2D eigenvalue weighted by molar-refractivity contribution is 6.36. The molecule has 1 aromatic rings. The summed E-state index contributed by atoms with van der Waals surface area (Å²) in [7, 11) is 0. The van der Waals surface area contributed by atoms with Crippen LogP contribution in [0.5, 0.6) is 0 Å². The second kappa shape index (κ2) is 6.42. The van der Waals surface area contributed by atoms with Crippen LogP contribution in [0.2, 0.25) is 10.0 Å². The Morgan fingerprint density at radius 2 is 1.79 bits per heavy atom. The third-order valence-electron chi connectivity index (χ3n) is 3.44. The Labute approximate surface area is 124 Å². The number of nitrogens with two attached hydrogens (primary N) is 1. The normalized spacial score (nSPS) is 26.4. The Morgan fingerprint density at radius 3 is 2.26 bits per heavy atom. The number of ether oxygens (including phenoxy) is 1. The van der Waals surface area contributed by atoms with Crippen molar-refractivity contribution in [2.45, 2.75) is 32.1 Å². The number of benzene rings is 1. The summed E-state index contributed by atoms with van der Waals surface area (Å²) in [5.74, 6) is 0. The maximum atomic E-state index is 6.30.